The monoisotopic (exact) mass is 255 g/mol. The van der Waals surface area contributed by atoms with Gasteiger partial charge in [-0.15, -0.1) is 0 Å². The SMILES string of the molecule is CCN(CC)c1ccc(C(O)C(O)CS)cc1. The molecule has 0 heterocycles. The van der Waals surface area contributed by atoms with Crippen LogP contribution in [0.1, 0.15) is 25.5 Å². The largest absolute Gasteiger partial charge is 0.389 e. The fraction of sp³-hybridized carbons (Fsp3) is 0.538. The van der Waals surface area contributed by atoms with Crippen LogP contribution in [0.25, 0.3) is 0 Å². The van der Waals surface area contributed by atoms with E-state index in [4.69, 9.17) is 0 Å². The minimum atomic E-state index is -0.863. The summed E-state index contributed by atoms with van der Waals surface area (Å²) >= 11 is 3.97. The first kappa shape index (κ1) is 14.4. The van der Waals surface area contributed by atoms with E-state index < -0.39 is 12.2 Å². The van der Waals surface area contributed by atoms with Crippen molar-refractivity contribution in [2.24, 2.45) is 0 Å². The Kier molecular flexibility index (Phi) is 5.82. The number of aliphatic hydroxyl groups is 2. The summed E-state index contributed by atoms with van der Waals surface area (Å²) in [5.41, 5.74) is 1.86. The van der Waals surface area contributed by atoms with Crippen molar-refractivity contribution in [2.75, 3.05) is 23.7 Å². The third kappa shape index (κ3) is 3.63. The van der Waals surface area contributed by atoms with Gasteiger partial charge in [-0.3, -0.25) is 0 Å². The maximum atomic E-state index is 9.82. The molecule has 0 saturated heterocycles. The van der Waals surface area contributed by atoms with Gasteiger partial charge in [-0.05, 0) is 31.5 Å². The van der Waals surface area contributed by atoms with Gasteiger partial charge in [-0.1, -0.05) is 12.1 Å². The van der Waals surface area contributed by atoms with E-state index in [1.807, 2.05) is 24.3 Å². The molecule has 0 radical (unpaired) electrons. The maximum Gasteiger partial charge on any atom is 0.106 e. The topological polar surface area (TPSA) is 43.7 Å². The normalized spacial score (nSPS) is 14.4. The van der Waals surface area contributed by atoms with Crippen molar-refractivity contribution in [3.63, 3.8) is 0 Å². The molecule has 1 aromatic rings. The minimum absolute atomic E-state index is 0.249. The van der Waals surface area contributed by atoms with Crippen molar-refractivity contribution in [3.05, 3.63) is 29.8 Å². The van der Waals surface area contributed by atoms with Crippen molar-refractivity contribution in [1.82, 2.24) is 0 Å². The number of nitrogens with zero attached hydrogens (tertiary/aromatic N) is 1. The lowest BCUT2D eigenvalue weighted by Crippen LogP contribution is -2.22. The van der Waals surface area contributed by atoms with Gasteiger partial charge in [0.1, 0.15) is 6.10 Å². The van der Waals surface area contributed by atoms with Gasteiger partial charge in [0.05, 0.1) is 6.10 Å². The quantitative estimate of drug-likeness (QED) is 0.680. The molecule has 2 N–H and O–H groups in total. The Hall–Kier alpha value is -0.710. The summed E-state index contributed by atoms with van der Waals surface area (Å²) in [6, 6.07) is 7.64. The molecule has 1 aromatic carbocycles. The molecule has 0 amide bonds. The standard InChI is InChI=1S/C13H21NO2S/c1-3-14(4-2)11-7-5-10(6-8-11)13(16)12(15)9-17/h5-8,12-13,15-17H,3-4,9H2,1-2H3. The third-order valence-corrected chi connectivity index (χ3v) is 3.29. The smallest absolute Gasteiger partial charge is 0.106 e. The van der Waals surface area contributed by atoms with E-state index in [0.717, 1.165) is 24.3 Å². The fourth-order valence-corrected chi connectivity index (χ4v) is 1.99. The zero-order valence-electron chi connectivity index (χ0n) is 10.4. The summed E-state index contributed by atoms with van der Waals surface area (Å²) in [4.78, 5) is 2.23. The first-order valence-electron chi connectivity index (χ1n) is 5.95. The first-order chi connectivity index (χ1) is 8.13. The van der Waals surface area contributed by atoms with Gasteiger partial charge in [0.2, 0.25) is 0 Å². The Morgan fingerprint density at radius 3 is 2.06 bits per heavy atom. The second-order valence-corrected chi connectivity index (χ2v) is 4.32. The summed E-state index contributed by atoms with van der Waals surface area (Å²) in [6.45, 7) is 6.13. The Morgan fingerprint density at radius 1 is 1.12 bits per heavy atom. The minimum Gasteiger partial charge on any atom is -0.389 e. The van der Waals surface area contributed by atoms with Crippen molar-refractivity contribution >= 4 is 18.3 Å². The Bertz CT molecular complexity index is 325. The van der Waals surface area contributed by atoms with Gasteiger partial charge in [-0.25, -0.2) is 0 Å². The number of benzene rings is 1. The first-order valence-corrected chi connectivity index (χ1v) is 6.59. The summed E-state index contributed by atoms with van der Waals surface area (Å²) < 4.78 is 0. The molecule has 0 saturated carbocycles. The Labute approximate surface area is 108 Å². The highest BCUT2D eigenvalue weighted by Crippen LogP contribution is 2.21. The average molecular weight is 255 g/mol. The van der Waals surface area contributed by atoms with Gasteiger partial charge in [0.15, 0.2) is 0 Å². The molecule has 96 valence electrons. The van der Waals surface area contributed by atoms with E-state index in [1.165, 1.54) is 0 Å². The third-order valence-electron chi connectivity index (χ3n) is 2.91. The van der Waals surface area contributed by atoms with Crippen LogP contribution in [-0.2, 0) is 0 Å². The Balaban J connectivity index is 2.80. The highest BCUT2D eigenvalue weighted by Gasteiger charge is 2.16. The molecule has 17 heavy (non-hydrogen) atoms. The molecule has 0 aliphatic rings. The van der Waals surface area contributed by atoms with Crippen molar-refractivity contribution < 1.29 is 10.2 Å². The van der Waals surface area contributed by atoms with Gasteiger partial charge in [-0.2, -0.15) is 12.6 Å². The summed E-state index contributed by atoms with van der Waals surface area (Å²) in [6.07, 6.45) is -1.68. The molecule has 0 aromatic heterocycles. The molecule has 0 aliphatic heterocycles. The van der Waals surface area contributed by atoms with E-state index in [9.17, 15) is 10.2 Å². The van der Waals surface area contributed by atoms with Gasteiger partial charge in [0, 0.05) is 24.5 Å². The molecule has 2 atom stereocenters. The van der Waals surface area contributed by atoms with E-state index in [1.54, 1.807) is 0 Å². The van der Waals surface area contributed by atoms with E-state index >= 15 is 0 Å². The van der Waals surface area contributed by atoms with Crippen molar-refractivity contribution in [2.45, 2.75) is 26.1 Å². The maximum absolute atomic E-state index is 9.82. The highest BCUT2D eigenvalue weighted by atomic mass is 32.1. The number of rotatable bonds is 6. The molecular weight excluding hydrogens is 234 g/mol. The molecule has 0 aliphatic carbocycles. The van der Waals surface area contributed by atoms with Crippen LogP contribution in [0.15, 0.2) is 24.3 Å². The Morgan fingerprint density at radius 2 is 1.65 bits per heavy atom. The summed E-state index contributed by atoms with van der Waals surface area (Å²) in [5, 5.41) is 19.3. The number of aliphatic hydroxyl groups excluding tert-OH is 2. The second kappa shape index (κ2) is 6.89. The van der Waals surface area contributed by atoms with Crippen LogP contribution in [0.3, 0.4) is 0 Å². The van der Waals surface area contributed by atoms with Crippen LogP contribution in [0.4, 0.5) is 5.69 Å². The van der Waals surface area contributed by atoms with Crippen LogP contribution in [0.5, 0.6) is 0 Å². The molecule has 0 bridgehead atoms. The summed E-state index contributed by atoms with van der Waals surface area (Å²) in [7, 11) is 0. The number of hydrogen-bond donors (Lipinski definition) is 3. The van der Waals surface area contributed by atoms with Crippen LogP contribution < -0.4 is 4.90 Å². The number of thiol groups is 1. The van der Waals surface area contributed by atoms with Gasteiger partial charge in [0.25, 0.3) is 0 Å². The molecule has 4 heteroatoms. The molecule has 1 rings (SSSR count). The zero-order chi connectivity index (χ0) is 12.8. The predicted molar refractivity (Wildman–Crippen MR) is 74.8 cm³/mol. The fourth-order valence-electron chi connectivity index (χ4n) is 1.79. The van der Waals surface area contributed by atoms with Crippen LogP contribution in [0.2, 0.25) is 0 Å². The number of hydrogen-bond acceptors (Lipinski definition) is 4. The van der Waals surface area contributed by atoms with Crippen LogP contribution >= 0.6 is 12.6 Å². The molecule has 0 fully saturated rings. The molecule has 2 unspecified atom stereocenters. The van der Waals surface area contributed by atoms with Crippen molar-refractivity contribution in [3.8, 4) is 0 Å². The summed E-state index contributed by atoms with van der Waals surface area (Å²) in [5.74, 6) is 0.249. The highest BCUT2D eigenvalue weighted by molar-refractivity contribution is 7.80. The second-order valence-electron chi connectivity index (χ2n) is 3.96. The lowest BCUT2D eigenvalue weighted by molar-refractivity contribution is 0.0338. The van der Waals surface area contributed by atoms with E-state index in [2.05, 4.69) is 31.4 Å². The molecule has 3 nitrogen and oxygen atoms in total. The average Bonchev–Trinajstić information content (AvgIpc) is 2.39. The van der Waals surface area contributed by atoms with Gasteiger partial charge >= 0.3 is 0 Å². The molecule has 0 spiro atoms. The van der Waals surface area contributed by atoms with Crippen molar-refractivity contribution in [1.29, 1.82) is 0 Å². The van der Waals surface area contributed by atoms with Gasteiger partial charge < -0.3 is 15.1 Å². The van der Waals surface area contributed by atoms with E-state index in [-0.39, 0.29) is 5.75 Å². The lowest BCUT2D eigenvalue weighted by Gasteiger charge is -2.22. The lowest BCUT2D eigenvalue weighted by atomic mass is 10.0. The zero-order valence-corrected chi connectivity index (χ0v) is 11.3. The number of anilines is 1. The van der Waals surface area contributed by atoms with Crippen LogP contribution in [0, 0.1) is 0 Å². The van der Waals surface area contributed by atoms with Crippen LogP contribution in [-0.4, -0.2) is 35.2 Å². The predicted octanol–water partition coefficient (Wildman–Crippen LogP) is 1.86. The molecular formula is C13H21NO2S. The van der Waals surface area contributed by atoms with E-state index in [0.29, 0.717) is 0 Å².